The van der Waals surface area contributed by atoms with Gasteiger partial charge in [-0.15, -0.1) is 0 Å². The average molecular weight is 205 g/mol. The van der Waals surface area contributed by atoms with Gasteiger partial charge in [-0.3, -0.25) is 4.79 Å². The van der Waals surface area contributed by atoms with Gasteiger partial charge in [0.2, 0.25) is 5.91 Å². The molecule has 0 spiro atoms. The Morgan fingerprint density at radius 1 is 1.27 bits per heavy atom. The molecule has 1 saturated carbocycles. The summed E-state index contributed by atoms with van der Waals surface area (Å²) in [6.07, 6.45) is 2.02. The van der Waals surface area contributed by atoms with Crippen molar-refractivity contribution in [2.75, 3.05) is 5.32 Å². The van der Waals surface area contributed by atoms with Crippen molar-refractivity contribution < 1.29 is 4.79 Å². The van der Waals surface area contributed by atoms with Gasteiger partial charge >= 0.3 is 0 Å². The van der Waals surface area contributed by atoms with Crippen LogP contribution in [0.3, 0.4) is 0 Å². The molecule has 0 heterocycles. The Kier molecular flexibility index (Phi) is 2.60. The monoisotopic (exact) mass is 205 g/mol. The molecule has 1 amide bonds. The van der Waals surface area contributed by atoms with Crippen LogP contribution in [0.2, 0.25) is 0 Å². The lowest BCUT2D eigenvalue weighted by Gasteiger charge is -2.33. The number of amides is 1. The second-order valence-corrected chi connectivity index (χ2v) is 4.01. The summed E-state index contributed by atoms with van der Waals surface area (Å²) in [6.45, 7) is 0. The quantitative estimate of drug-likeness (QED) is 0.679. The van der Waals surface area contributed by atoms with E-state index in [1.54, 1.807) is 12.1 Å². The van der Waals surface area contributed by atoms with Crippen LogP contribution < -0.4 is 16.8 Å². The Hall–Kier alpha value is -1.55. The van der Waals surface area contributed by atoms with Gasteiger partial charge in [-0.05, 0) is 37.1 Å². The first-order valence-corrected chi connectivity index (χ1v) is 5.07. The van der Waals surface area contributed by atoms with Gasteiger partial charge in [0.25, 0.3) is 0 Å². The van der Waals surface area contributed by atoms with E-state index in [0.717, 1.165) is 18.5 Å². The molecule has 1 aliphatic carbocycles. The van der Waals surface area contributed by atoms with E-state index in [4.69, 9.17) is 11.5 Å². The van der Waals surface area contributed by atoms with E-state index in [9.17, 15) is 4.79 Å². The van der Waals surface area contributed by atoms with E-state index in [1.807, 2.05) is 12.1 Å². The predicted octanol–water partition coefficient (Wildman–Crippen LogP) is 0.687. The highest BCUT2D eigenvalue weighted by atomic mass is 16.1. The summed E-state index contributed by atoms with van der Waals surface area (Å²) in [6, 6.07) is 7.99. The molecule has 0 radical (unpaired) electrons. The van der Waals surface area contributed by atoms with Crippen LogP contribution in [0.1, 0.15) is 23.2 Å². The predicted molar refractivity (Wildman–Crippen MR) is 59.6 cm³/mol. The lowest BCUT2D eigenvalue weighted by Crippen LogP contribution is -2.44. The van der Waals surface area contributed by atoms with Crippen LogP contribution in [0.5, 0.6) is 0 Å². The summed E-state index contributed by atoms with van der Waals surface area (Å²) >= 11 is 0. The standard InChI is InChI=1S/C11H15N3O/c12-8-5-10(6-8)14-9-3-1-7(2-4-9)11(13)15/h1-4,8,10,14H,5-6,12H2,(H2,13,15). The minimum atomic E-state index is -0.396. The highest BCUT2D eigenvalue weighted by molar-refractivity contribution is 5.93. The molecule has 0 bridgehead atoms. The molecule has 0 atom stereocenters. The number of primary amides is 1. The van der Waals surface area contributed by atoms with Crippen molar-refractivity contribution in [3.63, 3.8) is 0 Å². The van der Waals surface area contributed by atoms with Crippen LogP contribution in [0.15, 0.2) is 24.3 Å². The fraction of sp³-hybridized carbons (Fsp3) is 0.364. The second kappa shape index (κ2) is 3.90. The molecule has 1 aromatic carbocycles. The first-order chi connectivity index (χ1) is 7.15. The molecular formula is C11H15N3O. The molecule has 1 fully saturated rings. The summed E-state index contributed by atoms with van der Waals surface area (Å²) in [4.78, 5) is 10.8. The van der Waals surface area contributed by atoms with Gasteiger partial charge in [-0.25, -0.2) is 0 Å². The highest BCUT2D eigenvalue weighted by Gasteiger charge is 2.25. The van der Waals surface area contributed by atoms with Gasteiger partial charge in [0.1, 0.15) is 0 Å². The summed E-state index contributed by atoms with van der Waals surface area (Å²) in [7, 11) is 0. The van der Waals surface area contributed by atoms with E-state index in [0.29, 0.717) is 17.6 Å². The fourth-order valence-corrected chi connectivity index (χ4v) is 1.75. The van der Waals surface area contributed by atoms with Gasteiger partial charge in [-0.2, -0.15) is 0 Å². The van der Waals surface area contributed by atoms with Crippen molar-refractivity contribution in [3.8, 4) is 0 Å². The molecule has 1 aromatic rings. The Bertz CT molecular complexity index is 355. The van der Waals surface area contributed by atoms with Crippen molar-refractivity contribution in [1.82, 2.24) is 0 Å². The Balaban J connectivity index is 1.95. The van der Waals surface area contributed by atoms with E-state index >= 15 is 0 Å². The molecule has 0 unspecified atom stereocenters. The SMILES string of the molecule is NC(=O)c1ccc(NC2CC(N)C2)cc1. The maximum atomic E-state index is 10.8. The van der Waals surface area contributed by atoms with Gasteiger partial charge < -0.3 is 16.8 Å². The largest absolute Gasteiger partial charge is 0.382 e. The number of rotatable bonds is 3. The fourth-order valence-electron chi connectivity index (χ4n) is 1.75. The minimum absolute atomic E-state index is 0.340. The zero-order chi connectivity index (χ0) is 10.8. The number of hydrogen-bond acceptors (Lipinski definition) is 3. The smallest absolute Gasteiger partial charge is 0.248 e. The third kappa shape index (κ3) is 2.27. The van der Waals surface area contributed by atoms with Crippen LogP contribution in [0.4, 0.5) is 5.69 Å². The topological polar surface area (TPSA) is 81.1 Å². The van der Waals surface area contributed by atoms with E-state index < -0.39 is 5.91 Å². The molecule has 0 saturated heterocycles. The van der Waals surface area contributed by atoms with Gasteiger partial charge in [-0.1, -0.05) is 0 Å². The van der Waals surface area contributed by atoms with Gasteiger partial charge in [0, 0.05) is 23.3 Å². The number of nitrogens with one attached hydrogen (secondary N) is 1. The average Bonchev–Trinajstić information content (AvgIpc) is 2.16. The van der Waals surface area contributed by atoms with Crippen LogP contribution in [0, 0.1) is 0 Å². The minimum Gasteiger partial charge on any atom is -0.382 e. The van der Waals surface area contributed by atoms with Crippen molar-refractivity contribution >= 4 is 11.6 Å². The number of carbonyl (C=O) groups is 1. The number of carbonyl (C=O) groups excluding carboxylic acids is 1. The summed E-state index contributed by atoms with van der Waals surface area (Å²) in [5.74, 6) is -0.396. The van der Waals surface area contributed by atoms with Crippen LogP contribution >= 0.6 is 0 Å². The number of hydrogen-bond donors (Lipinski definition) is 3. The van der Waals surface area contributed by atoms with Crippen LogP contribution in [0.25, 0.3) is 0 Å². The Labute approximate surface area is 88.6 Å². The number of anilines is 1. The summed E-state index contributed by atoms with van der Waals surface area (Å²) in [5, 5.41) is 3.34. The van der Waals surface area contributed by atoms with Gasteiger partial charge in [0.15, 0.2) is 0 Å². The highest BCUT2D eigenvalue weighted by Crippen LogP contribution is 2.22. The van der Waals surface area contributed by atoms with Crippen molar-refractivity contribution in [2.24, 2.45) is 11.5 Å². The number of benzene rings is 1. The van der Waals surface area contributed by atoms with Crippen molar-refractivity contribution in [1.29, 1.82) is 0 Å². The molecule has 5 N–H and O–H groups in total. The van der Waals surface area contributed by atoms with Crippen molar-refractivity contribution in [3.05, 3.63) is 29.8 Å². The Morgan fingerprint density at radius 2 is 1.87 bits per heavy atom. The van der Waals surface area contributed by atoms with E-state index in [1.165, 1.54) is 0 Å². The molecule has 2 rings (SSSR count). The van der Waals surface area contributed by atoms with E-state index in [-0.39, 0.29) is 0 Å². The molecular weight excluding hydrogens is 190 g/mol. The van der Waals surface area contributed by atoms with Gasteiger partial charge in [0.05, 0.1) is 0 Å². The van der Waals surface area contributed by atoms with E-state index in [2.05, 4.69) is 5.32 Å². The first-order valence-electron chi connectivity index (χ1n) is 5.07. The van der Waals surface area contributed by atoms with Crippen molar-refractivity contribution in [2.45, 2.75) is 24.9 Å². The maximum Gasteiger partial charge on any atom is 0.248 e. The maximum absolute atomic E-state index is 10.8. The molecule has 1 aliphatic rings. The zero-order valence-corrected chi connectivity index (χ0v) is 8.44. The summed E-state index contributed by atoms with van der Waals surface area (Å²) in [5.41, 5.74) is 12.4. The molecule has 4 heteroatoms. The third-order valence-corrected chi connectivity index (χ3v) is 2.71. The zero-order valence-electron chi connectivity index (χ0n) is 8.44. The second-order valence-electron chi connectivity index (χ2n) is 4.01. The normalized spacial score (nSPS) is 24.3. The molecule has 4 nitrogen and oxygen atoms in total. The molecule has 80 valence electrons. The van der Waals surface area contributed by atoms with Crippen LogP contribution in [-0.4, -0.2) is 18.0 Å². The summed E-state index contributed by atoms with van der Waals surface area (Å²) < 4.78 is 0. The molecule has 0 aromatic heterocycles. The lowest BCUT2D eigenvalue weighted by molar-refractivity contribution is 0.100. The molecule has 0 aliphatic heterocycles. The first kappa shape index (κ1) is 9.98. The number of nitrogens with two attached hydrogens (primary N) is 2. The molecule has 15 heavy (non-hydrogen) atoms. The Morgan fingerprint density at radius 3 is 2.33 bits per heavy atom. The lowest BCUT2D eigenvalue weighted by atomic mass is 9.87. The third-order valence-electron chi connectivity index (χ3n) is 2.71. The van der Waals surface area contributed by atoms with Crippen LogP contribution in [-0.2, 0) is 0 Å².